The molecule has 7 nitrogen and oxygen atoms in total. The number of nitrogens with zero attached hydrogens (tertiary/aromatic N) is 3. The Morgan fingerprint density at radius 3 is 2.57 bits per heavy atom. The predicted octanol–water partition coefficient (Wildman–Crippen LogP) is 4.22. The molecule has 28 heavy (non-hydrogen) atoms. The molecule has 2 heterocycles. The molecule has 0 aliphatic rings. The van der Waals surface area contributed by atoms with E-state index in [1.54, 1.807) is 14.2 Å². The van der Waals surface area contributed by atoms with E-state index >= 15 is 0 Å². The Labute approximate surface area is 162 Å². The Morgan fingerprint density at radius 2 is 1.82 bits per heavy atom. The third-order valence-electron chi connectivity index (χ3n) is 4.52. The number of rotatable bonds is 6. The van der Waals surface area contributed by atoms with Crippen LogP contribution in [0.2, 0.25) is 0 Å². The molecule has 0 fully saturated rings. The molecule has 0 saturated heterocycles. The monoisotopic (exact) mass is 376 g/mol. The van der Waals surface area contributed by atoms with Gasteiger partial charge < -0.3 is 19.3 Å². The molecule has 0 unspecified atom stereocenters. The van der Waals surface area contributed by atoms with Gasteiger partial charge in [-0.25, -0.2) is 9.97 Å². The number of methoxy groups -OCH3 is 2. The number of nitrogens with one attached hydrogen (secondary N) is 1. The number of fused-ring (bicyclic) bond motifs is 1. The SMILES string of the molecule is COc1ccc(CNc2ncnc3c(-c4ccc(C)cc4)noc23)c(OC)c1. The fourth-order valence-corrected chi connectivity index (χ4v) is 2.97. The Morgan fingerprint density at radius 1 is 1.00 bits per heavy atom. The van der Waals surface area contributed by atoms with E-state index in [2.05, 4.69) is 20.4 Å². The molecule has 4 aromatic rings. The van der Waals surface area contributed by atoms with Gasteiger partial charge in [0.05, 0.1) is 14.2 Å². The van der Waals surface area contributed by atoms with E-state index in [9.17, 15) is 0 Å². The topological polar surface area (TPSA) is 82.3 Å². The summed E-state index contributed by atoms with van der Waals surface area (Å²) >= 11 is 0. The third kappa shape index (κ3) is 3.34. The molecule has 2 aromatic carbocycles. The number of ether oxygens (including phenoxy) is 2. The maximum absolute atomic E-state index is 5.56. The van der Waals surface area contributed by atoms with Gasteiger partial charge in [-0.2, -0.15) is 0 Å². The van der Waals surface area contributed by atoms with Gasteiger partial charge >= 0.3 is 0 Å². The second kappa shape index (κ2) is 7.56. The average Bonchev–Trinajstić information content (AvgIpc) is 3.17. The maximum atomic E-state index is 5.56. The number of hydrogen-bond acceptors (Lipinski definition) is 7. The summed E-state index contributed by atoms with van der Waals surface area (Å²) < 4.78 is 16.2. The molecule has 0 bridgehead atoms. The van der Waals surface area contributed by atoms with E-state index in [1.165, 1.54) is 11.9 Å². The fourth-order valence-electron chi connectivity index (χ4n) is 2.97. The van der Waals surface area contributed by atoms with E-state index in [-0.39, 0.29) is 0 Å². The lowest BCUT2D eigenvalue weighted by atomic mass is 10.1. The summed E-state index contributed by atoms with van der Waals surface area (Å²) in [4.78, 5) is 8.67. The molecule has 7 heteroatoms. The van der Waals surface area contributed by atoms with Crippen molar-refractivity contribution in [2.75, 3.05) is 19.5 Å². The minimum absolute atomic E-state index is 0.500. The molecular formula is C21H20N4O3. The quantitative estimate of drug-likeness (QED) is 0.539. The van der Waals surface area contributed by atoms with Gasteiger partial charge in [-0.05, 0) is 19.1 Å². The first-order chi connectivity index (χ1) is 13.7. The van der Waals surface area contributed by atoms with Gasteiger partial charge in [0.15, 0.2) is 5.82 Å². The second-order valence-electron chi connectivity index (χ2n) is 6.33. The molecular weight excluding hydrogens is 356 g/mol. The number of hydrogen-bond donors (Lipinski definition) is 1. The lowest BCUT2D eigenvalue weighted by Gasteiger charge is -2.11. The number of aryl methyl sites for hydroxylation is 1. The largest absolute Gasteiger partial charge is 0.497 e. The van der Waals surface area contributed by atoms with Crippen molar-refractivity contribution in [2.24, 2.45) is 0 Å². The van der Waals surface area contributed by atoms with Crippen molar-refractivity contribution in [3.63, 3.8) is 0 Å². The minimum atomic E-state index is 0.500. The van der Waals surface area contributed by atoms with Crippen molar-refractivity contribution in [3.05, 3.63) is 59.9 Å². The highest BCUT2D eigenvalue weighted by atomic mass is 16.5. The zero-order valence-corrected chi connectivity index (χ0v) is 15.9. The van der Waals surface area contributed by atoms with Crippen LogP contribution in [0.3, 0.4) is 0 Å². The highest BCUT2D eigenvalue weighted by Gasteiger charge is 2.16. The molecule has 0 aliphatic carbocycles. The Kier molecular flexibility index (Phi) is 4.80. The van der Waals surface area contributed by atoms with Gasteiger partial charge in [-0.3, -0.25) is 0 Å². The van der Waals surface area contributed by atoms with Gasteiger partial charge in [0, 0.05) is 23.7 Å². The standard InChI is InChI=1S/C21H20N4O3/c1-13-4-6-14(7-5-13)18-19-20(28-25-18)21(24-12-23-19)22-11-15-8-9-16(26-2)10-17(15)27-3/h4-10,12H,11H2,1-3H3,(H,22,23,24). The van der Waals surface area contributed by atoms with E-state index < -0.39 is 0 Å². The first-order valence-electron chi connectivity index (χ1n) is 8.82. The Hall–Kier alpha value is -3.61. The molecule has 0 atom stereocenters. The van der Waals surface area contributed by atoms with Crippen LogP contribution in [-0.4, -0.2) is 29.3 Å². The highest BCUT2D eigenvalue weighted by Crippen LogP contribution is 2.30. The summed E-state index contributed by atoms with van der Waals surface area (Å²) in [5.41, 5.74) is 4.98. The van der Waals surface area contributed by atoms with Crippen LogP contribution >= 0.6 is 0 Å². The van der Waals surface area contributed by atoms with Gasteiger partial charge in [-0.15, -0.1) is 0 Å². The lowest BCUT2D eigenvalue weighted by molar-refractivity contribution is 0.391. The van der Waals surface area contributed by atoms with E-state index in [4.69, 9.17) is 14.0 Å². The van der Waals surface area contributed by atoms with E-state index in [0.29, 0.717) is 29.2 Å². The fraction of sp³-hybridized carbons (Fsp3) is 0.190. The van der Waals surface area contributed by atoms with Crippen molar-refractivity contribution < 1.29 is 14.0 Å². The van der Waals surface area contributed by atoms with Crippen LogP contribution in [0, 0.1) is 6.92 Å². The third-order valence-corrected chi connectivity index (χ3v) is 4.52. The van der Waals surface area contributed by atoms with Crippen LogP contribution in [0.1, 0.15) is 11.1 Å². The van der Waals surface area contributed by atoms with Gasteiger partial charge in [0.1, 0.15) is 29.0 Å². The number of anilines is 1. The van der Waals surface area contributed by atoms with Crippen LogP contribution < -0.4 is 14.8 Å². The molecule has 2 aromatic heterocycles. The Bertz CT molecular complexity index is 1110. The van der Waals surface area contributed by atoms with E-state index in [1.807, 2.05) is 49.4 Å². The smallest absolute Gasteiger partial charge is 0.228 e. The number of aromatic nitrogens is 3. The van der Waals surface area contributed by atoms with Crippen LogP contribution in [-0.2, 0) is 6.54 Å². The summed E-state index contributed by atoms with van der Waals surface area (Å²) in [5, 5.41) is 7.49. The molecule has 0 amide bonds. The summed E-state index contributed by atoms with van der Waals surface area (Å²) in [7, 11) is 3.26. The molecule has 1 N–H and O–H groups in total. The molecule has 0 radical (unpaired) electrons. The van der Waals surface area contributed by atoms with Crippen molar-refractivity contribution in [1.82, 2.24) is 15.1 Å². The molecule has 0 saturated carbocycles. The molecule has 0 aliphatic heterocycles. The highest BCUT2D eigenvalue weighted by molar-refractivity contribution is 5.93. The first-order valence-corrected chi connectivity index (χ1v) is 8.82. The first kappa shape index (κ1) is 17.8. The Balaban J connectivity index is 1.63. The van der Waals surface area contributed by atoms with Crippen molar-refractivity contribution in [2.45, 2.75) is 13.5 Å². The van der Waals surface area contributed by atoms with Crippen LogP contribution in [0.4, 0.5) is 5.82 Å². The molecule has 0 spiro atoms. The van der Waals surface area contributed by atoms with Gasteiger partial charge in [0.25, 0.3) is 0 Å². The van der Waals surface area contributed by atoms with Gasteiger partial charge in [-0.1, -0.05) is 35.0 Å². The number of benzene rings is 2. The second-order valence-corrected chi connectivity index (χ2v) is 6.33. The zero-order valence-electron chi connectivity index (χ0n) is 15.9. The average molecular weight is 376 g/mol. The van der Waals surface area contributed by atoms with Crippen molar-refractivity contribution in [3.8, 4) is 22.8 Å². The van der Waals surface area contributed by atoms with Gasteiger partial charge in [0.2, 0.25) is 5.58 Å². The summed E-state index contributed by atoms with van der Waals surface area (Å²) in [6.07, 6.45) is 1.50. The lowest BCUT2D eigenvalue weighted by Crippen LogP contribution is -2.04. The van der Waals surface area contributed by atoms with Crippen molar-refractivity contribution >= 4 is 16.9 Å². The normalized spacial score (nSPS) is 10.8. The predicted molar refractivity (Wildman–Crippen MR) is 107 cm³/mol. The summed E-state index contributed by atoms with van der Waals surface area (Å²) in [5.74, 6) is 2.05. The van der Waals surface area contributed by atoms with E-state index in [0.717, 1.165) is 22.6 Å². The zero-order chi connectivity index (χ0) is 19.5. The van der Waals surface area contributed by atoms with Crippen LogP contribution in [0.5, 0.6) is 11.5 Å². The molecule has 142 valence electrons. The van der Waals surface area contributed by atoms with Crippen LogP contribution in [0.15, 0.2) is 53.3 Å². The molecule has 4 rings (SSSR count). The maximum Gasteiger partial charge on any atom is 0.228 e. The van der Waals surface area contributed by atoms with Crippen LogP contribution in [0.25, 0.3) is 22.4 Å². The summed E-state index contributed by atoms with van der Waals surface area (Å²) in [6.45, 7) is 2.54. The summed E-state index contributed by atoms with van der Waals surface area (Å²) in [6, 6.07) is 13.8. The minimum Gasteiger partial charge on any atom is -0.497 e. The van der Waals surface area contributed by atoms with Crippen molar-refractivity contribution in [1.29, 1.82) is 0 Å².